The Morgan fingerprint density at radius 1 is 1.33 bits per heavy atom. The van der Waals surface area contributed by atoms with E-state index in [1.807, 2.05) is 25.1 Å². The molecule has 2 amide bonds. The molecule has 6 nitrogen and oxygen atoms in total. The summed E-state index contributed by atoms with van der Waals surface area (Å²) in [6, 6.07) is 7.54. The number of Topliss-reactive ketones (excluding diaryl/α,β-unsaturated/α-hetero) is 1. The van der Waals surface area contributed by atoms with Crippen LogP contribution < -0.4 is 11.1 Å². The first-order chi connectivity index (χ1) is 11.4. The summed E-state index contributed by atoms with van der Waals surface area (Å²) < 4.78 is 0. The van der Waals surface area contributed by atoms with Gasteiger partial charge in [-0.15, -0.1) is 11.8 Å². The van der Waals surface area contributed by atoms with Crippen molar-refractivity contribution in [3.8, 4) is 0 Å². The minimum absolute atomic E-state index is 0.128. The fourth-order valence-electron chi connectivity index (χ4n) is 3.01. The summed E-state index contributed by atoms with van der Waals surface area (Å²) in [5.74, 6) is -0.113. The van der Waals surface area contributed by atoms with E-state index in [1.54, 1.807) is 23.9 Å². The lowest BCUT2D eigenvalue weighted by Crippen LogP contribution is -2.70. The molecule has 24 heavy (non-hydrogen) atoms. The van der Waals surface area contributed by atoms with E-state index in [0.717, 1.165) is 5.57 Å². The number of hydrogen-bond acceptors (Lipinski definition) is 5. The number of fused-ring (bicyclic) bond motifs is 1. The maximum absolute atomic E-state index is 12.4. The van der Waals surface area contributed by atoms with Gasteiger partial charge in [-0.3, -0.25) is 19.3 Å². The first-order valence-electron chi connectivity index (χ1n) is 7.68. The molecule has 7 heteroatoms. The van der Waals surface area contributed by atoms with Gasteiger partial charge in [-0.05, 0) is 18.1 Å². The van der Waals surface area contributed by atoms with E-state index in [0.29, 0.717) is 17.0 Å². The molecule has 0 bridgehead atoms. The molecule has 2 aliphatic rings. The molecule has 126 valence electrons. The third-order valence-corrected chi connectivity index (χ3v) is 5.66. The van der Waals surface area contributed by atoms with Gasteiger partial charge in [-0.2, -0.15) is 0 Å². The van der Waals surface area contributed by atoms with E-state index in [1.165, 1.54) is 11.8 Å². The molecule has 2 heterocycles. The molecule has 1 aromatic rings. The van der Waals surface area contributed by atoms with Gasteiger partial charge in [0.05, 0.1) is 5.70 Å². The van der Waals surface area contributed by atoms with Crippen molar-refractivity contribution >= 4 is 29.4 Å². The van der Waals surface area contributed by atoms with Gasteiger partial charge in [0.1, 0.15) is 17.5 Å². The van der Waals surface area contributed by atoms with E-state index < -0.39 is 18.0 Å². The van der Waals surface area contributed by atoms with Crippen LogP contribution in [0.5, 0.6) is 0 Å². The maximum Gasteiger partial charge on any atom is 0.253 e. The first-order valence-corrected chi connectivity index (χ1v) is 8.73. The maximum atomic E-state index is 12.4. The molecule has 3 atom stereocenters. The summed E-state index contributed by atoms with van der Waals surface area (Å²) in [6.07, 6.45) is 0. The minimum Gasteiger partial charge on any atom is -0.340 e. The van der Waals surface area contributed by atoms with Crippen molar-refractivity contribution in [2.45, 2.75) is 31.3 Å². The minimum atomic E-state index is -0.828. The van der Waals surface area contributed by atoms with Crippen LogP contribution in [-0.2, 0) is 14.4 Å². The molecule has 0 spiro atoms. The number of nitrogens with zero attached hydrogens (tertiary/aromatic N) is 1. The molecule has 0 aromatic heterocycles. The summed E-state index contributed by atoms with van der Waals surface area (Å²) >= 11 is 1.54. The summed E-state index contributed by atoms with van der Waals surface area (Å²) in [5, 5.41) is 2.48. The van der Waals surface area contributed by atoms with Crippen molar-refractivity contribution in [1.82, 2.24) is 10.2 Å². The number of nitrogens with one attached hydrogen (secondary N) is 1. The number of hydrogen-bond donors (Lipinski definition) is 2. The molecule has 2 unspecified atom stereocenters. The number of benzene rings is 1. The highest BCUT2D eigenvalue weighted by atomic mass is 32.2. The van der Waals surface area contributed by atoms with Crippen LogP contribution in [0.1, 0.15) is 25.5 Å². The highest BCUT2D eigenvalue weighted by molar-refractivity contribution is 8.00. The Morgan fingerprint density at radius 2 is 2.00 bits per heavy atom. The molecule has 3 N–H and O–H groups in total. The van der Waals surface area contributed by atoms with E-state index in [2.05, 4.69) is 5.32 Å². The Balaban J connectivity index is 1.71. The monoisotopic (exact) mass is 345 g/mol. The zero-order chi connectivity index (χ0) is 17.4. The van der Waals surface area contributed by atoms with Crippen LogP contribution in [0.25, 0.3) is 0 Å². The molecule has 0 aliphatic carbocycles. The topological polar surface area (TPSA) is 92.5 Å². The Morgan fingerprint density at radius 3 is 2.62 bits per heavy atom. The summed E-state index contributed by atoms with van der Waals surface area (Å²) in [7, 11) is 0. The smallest absolute Gasteiger partial charge is 0.253 e. The van der Waals surface area contributed by atoms with Crippen LogP contribution in [0.4, 0.5) is 0 Å². The highest BCUT2D eigenvalue weighted by Gasteiger charge is 2.53. The number of amides is 2. The Labute approximate surface area is 144 Å². The summed E-state index contributed by atoms with van der Waals surface area (Å²) in [5.41, 5.74) is 8.01. The number of rotatable bonds is 4. The Bertz CT molecular complexity index is 732. The predicted molar refractivity (Wildman–Crippen MR) is 91.8 cm³/mol. The van der Waals surface area contributed by atoms with Crippen molar-refractivity contribution in [1.29, 1.82) is 0 Å². The largest absolute Gasteiger partial charge is 0.340 e. The van der Waals surface area contributed by atoms with Crippen LogP contribution in [0, 0.1) is 0 Å². The van der Waals surface area contributed by atoms with Gasteiger partial charge in [-0.1, -0.05) is 30.3 Å². The number of nitrogens with two attached hydrogens (primary N) is 1. The van der Waals surface area contributed by atoms with Crippen LogP contribution in [0.2, 0.25) is 0 Å². The quantitative estimate of drug-likeness (QED) is 0.793. The second-order valence-corrected chi connectivity index (χ2v) is 7.07. The van der Waals surface area contributed by atoms with E-state index in [4.69, 9.17) is 5.73 Å². The van der Waals surface area contributed by atoms with Gasteiger partial charge < -0.3 is 11.1 Å². The SMILES string of the molecule is CC(=O)C1=C(C)CSC2C(NC(=O)[C@H](N)c3ccccc3)C(=O)N12. The van der Waals surface area contributed by atoms with Gasteiger partial charge in [0, 0.05) is 12.7 Å². The van der Waals surface area contributed by atoms with Crippen molar-refractivity contribution in [2.24, 2.45) is 5.73 Å². The Kier molecular flexibility index (Phi) is 4.47. The molecule has 1 aromatic carbocycles. The number of carbonyl (C=O) groups excluding carboxylic acids is 3. The van der Waals surface area contributed by atoms with Crippen LogP contribution in [0.15, 0.2) is 41.6 Å². The normalized spacial score (nSPS) is 24.1. The zero-order valence-electron chi connectivity index (χ0n) is 13.5. The van der Waals surface area contributed by atoms with E-state index >= 15 is 0 Å². The van der Waals surface area contributed by atoms with Crippen LogP contribution in [0.3, 0.4) is 0 Å². The third kappa shape index (κ3) is 2.74. The first kappa shape index (κ1) is 16.7. The number of carbonyl (C=O) groups is 3. The Hall–Kier alpha value is -2.12. The van der Waals surface area contributed by atoms with Crippen LogP contribution in [-0.4, -0.2) is 39.7 Å². The molecular weight excluding hydrogens is 326 g/mol. The second kappa shape index (κ2) is 6.41. The summed E-state index contributed by atoms with van der Waals surface area (Å²) in [4.78, 5) is 38.1. The number of thioether (sulfide) groups is 1. The average molecular weight is 345 g/mol. The van der Waals surface area contributed by atoms with Gasteiger partial charge in [-0.25, -0.2) is 0 Å². The molecule has 1 fully saturated rings. The summed E-state index contributed by atoms with van der Waals surface area (Å²) in [6.45, 7) is 3.31. The lowest BCUT2D eigenvalue weighted by atomic mass is 10.0. The van der Waals surface area contributed by atoms with Crippen LogP contribution >= 0.6 is 11.8 Å². The zero-order valence-corrected chi connectivity index (χ0v) is 14.3. The second-order valence-electron chi connectivity index (χ2n) is 5.97. The fourth-order valence-corrected chi connectivity index (χ4v) is 4.31. The van der Waals surface area contributed by atoms with Gasteiger partial charge in [0.2, 0.25) is 5.91 Å². The number of allylic oxidation sites excluding steroid dienone is 1. The van der Waals surface area contributed by atoms with E-state index in [9.17, 15) is 14.4 Å². The number of β-lactam (4-membered cyclic amide) rings is 1. The average Bonchev–Trinajstić information content (AvgIpc) is 2.59. The highest BCUT2D eigenvalue weighted by Crippen LogP contribution is 2.40. The van der Waals surface area contributed by atoms with Gasteiger partial charge >= 0.3 is 0 Å². The predicted octanol–water partition coefficient (Wildman–Crippen LogP) is 0.949. The molecular formula is C17H19N3O3S. The molecule has 2 aliphatic heterocycles. The molecule has 0 radical (unpaired) electrons. The third-order valence-electron chi connectivity index (χ3n) is 4.23. The van der Waals surface area contributed by atoms with Crippen molar-refractivity contribution < 1.29 is 14.4 Å². The van der Waals surface area contributed by atoms with Gasteiger partial charge in [0.25, 0.3) is 5.91 Å². The lowest BCUT2D eigenvalue weighted by Gasteiger charge is -2.50. The molecule has 3 rings (SSSR count). The van der Waals surface area contributed by atoms with Gasteiger partial charge in [0.15, 0.2) is 5.78 Å². The molecule has 1 saturated heterocycles. The number of ketones is 1. The van der Waals surface area contributed by atoms with E-state index in [-0.39, 0.29) is 17.1 Å². The van der Waals surface area contributed by atoms with Crippen molar-refractivity contribution in [2.75, 3.05) is 5.75 Å². The fraction of sp³-hybridized carbons (Fsp3) is 0.353. The lowest BCUT2D eigenvalue weighted by molar-refractivity contribution is -0.147. The van der Waals surface area contributed by atoms with Crippen molar-refractivity contribution in [3.05, 3.63) is 47.2 Å². The standard InChI is InChI=1S/C17H19N3O3S/c1-9-8-24-17-13(16(23)20(17)14(9)10(2)21)19-15(22)12(18)11-6-4-3-5-7-11/h3-7,12-13,17H,8,18H2,1-2H3,(H,19,22)/t12-,13?,17?/m1/s1. The molecule has 0 saturated carbocycles. The van der Waals surface area contributed by atoms with Crippen molar-refractivity contribution in [3.63, 3.8) is 0 Å².